The second-order valence-electron chi connectivity index (χ2n) is 4.17. The topological polar surface area (TPSA) is 94.1 Å². The van der Waals surface area contributed by atoms with Crippen LogP contribution in [0.2, 0.25) is 0 Å². The molecule has 0 radical (unpaired) electrons. The van der Waals surface area contributed by atoms with Crippen LogP contribution in [0.25, 0.3) is 11.7 Å². The summed E-state index contributed by atoms with van der Waals surface area (Å²) in [7, 11) is 0. The number of anilines is 1. The minimum absolute atomic E-state index is 0.00713. The molecule has 0 unspecified atom stereocenters. The largest absolute Gasteiger partial charge is 0.400 e. The highest BCUT2D eigenvalue weighted by atomic mass is 32.2. The predicted molar refractivity (Wildman–Crippen MR) is 80.6 cm³/mol. The minimum atomic E-state index is -0.302. The van der Waals surface area contributed by atoms with E-state index in [2.05, 4.69) is 20.7 Å². The molecule has 0 bridgehead atoms. The highest BCUT2D eigenvalue weighted by Gasteiger charge is 2.16. The quantitative estimate of drug-likeness (QED) is 0.723. The Morgan fingerprint density at radius 3 is 2.91 bits per heavy atom. The lowest BCUT2D eigenvalue weighted by molar-refractivity contribution is 0.102. The molecule has 2 heterocycles. The summed E-state index contributed by atoms with van der Waals surface area (Å²) in [6.45, 7) is 2.03. The highest BCUT2D eigenvalue weighted by Crippen LogP contribution is 2.24. The van der Waals surface area contributed by atoms with Crippen LogP contribution >= 0.6 is 11.8 Å². The first-order valence-electron chi connectivity index (χ1n) is 6.55. The predicted octanol–water partition coefficient (Wildman–Crippen LogP) is 3.09. The van der Waals surface area contributed by atoms with Crippen LogP contribution in [0.5, 0.6) is 0 Å². The molecule has 1 aromatic carbocycles. The molecule has 0 saturated carbocycles. The van der Waals surface area contributed by atoms with Crippen molar-refractivity contribution in [2.75, 3.05) is 11.1 Å². The van der Waals surface area contributed by atoms with Gasteiger partial charge in [0.15, 0.2) is 0 Å². The van der Waals surface area contributed by atoms with Crippen LogP contribution < -0.4 is 5.32 Å². The van der Waals surface area contributed by atoms with E-state index in [-0.39, 0.29) is 17.8 Å². The normalized spacial score (nSPS) is 10.6. The van der Waals surface area contributed by atoms with Crippen LogP contribution in [-0.2, 0) is 0 Å². The first-order valence-corrected chi connectivity index (χ1v) is 7.54. The van der Waals surface area contributed by atoms with Gasteiger partial charge in [-0.15, -0.1) is 16.9 Å². The van der Waals surface area contributed by atoms with Gasteiger partial charge < -0.3 is 8.94 Å². The molecule has 0 spiro atoms. The molecule has 3 aromatic rings. The molecule has 8 heteroatoms. The summed E-state index contributed by atoms with van der Waals surface area (Å²) in [6.07, 6.45) is 1.47. The standard InChI is InChI=1S/C14H12N4O3S/c1-2-22-11-6-4-3-5-9(11)12(19)16-14-18-17-13(20-14)10-7-8-15-21-10/h3-8H,2H2,1H3,(H,16,18,19). The van der Waals surface area contributed by atoms with E-state index >= 15 is 0 Å². The molecule has 0 aliphatic carbocycles. The van der Waals surface area contributed by atoms with Gasteiger partial charge in [-0.2, -0.15) is 0 Å². The number of aromatic nitrogens is 3. The summed E-state index contributed by atoms with van der Waals surface area (Å²) in [5.74, 6) is 1.07. The van der Waals surface area contributed by atoms with Crippen LogP contribution in [0.15, 0.2) is 50.4 Å². The van der Waals surface area contributed by atoms with Gasteiger partial charge in [-0.05, 0) is 17.9 Å². The van der Waals surface area contributed by atoms with Gasteiger partial charge in [0.25, 0.3) is 11.8 Å². The van der Waals surface area contributed by atoms with Crippen molar-refractivity contribution in [2.45, 2.75) is 11.8 Å². The summed E-state index contributed by atoms with van der Waals surface area (Å²) < 4.78 is 10.2. The molecule has 0 saturated heterocycles. The Morgan fingerprint density at radius 1 is 1.27 bits per heavy atom. The number of benzene rings is 1. The third-order valence-corrected chi connectivity index (χ3v) is 3.68. The number of carbonyl (C=O) groups excluding carboxylic acids is 1. The van der Waals surface area contributed by atoms with E-state index in [0.717, 1.165) is 10.6 Å². The maximum Gasteiger partial charge on any atom is 0.322 e. The van der Waals surface area contributed by atoms with E-state index in [9.17, 15) is 4.79 Å². The van der Waals surface area contributed by atoms with Crippen LogP contribution in [0.4, 0.5) is 6.01 Å². The monoisotopic (exact) mass is 316 g/mol. The van der Waals surface area contributed by atoms with Crippen LogP contribution in [0.1, 0.15) is 17.3 Å². The van der Waals surface area contributed by atoms with Gasteiger partial charge in [-0.25, -0.2) is 0 Å². The second-order valence-corrected chi connectivity index (χ2v) is 5.48. The van der Waals surface area contributed by atoms with Crippen molar-refractivity contribution in [1.82, 2.24) is 15.4 Å². The van der Waals surface area contributed by atoms with E-state index in [1.165, 1.54) is 6.20 Å². The van der Waals surface area contributed by atoms with Crippen molar-refractivity contribution in [1.29, 1.82) is 0 Å². The Labute approximate surface area is 130 Å². The zero-order valence-electron chi connectivity index (χ0n) is 11.6. The SMILES string of the molecule is CCSc1ccccc1C(=O)Nc1nnc(-c2ccno2)o1. The zero-order chi connectivity index (χ0) is 15.4. The molecular formula is C14H12N4O3S. The van der Waals surface area contributed by atoms with E-state index in [1.54, 1.807) is 23.9 Å². The fraction of sp³-hybridized carbons (Fsp3) is 0.143. The van der Waals surface area contributed by atoms with Crippen LogP contribution in [0, 0.1) is 0 Å². The number of rotatable bonds is 5. The number of hydrogen-bond acceptors (Lipinski definition) is 7. The Balaban J connectivity index is 1.77. The Bertz CT molecular complexity index is 770. The highest BCUT2D eigenvalue weighted by molar-refractivity contribution is 7.99. The minimum Gasteiger partial charge on any atom is -0.400 e. The van der Waals surface area contributed by atoms with Gasteiger partial charge in [0.1, 0.15) is 0 Å². The molecule has 7 nitrogen and oxygen atoms in total. The van der Waals surface area contributed by atoms with Gasteiger partial charge in [-0.3, -0.25) is 10.1 Å². The molecule has 0 aliphatic heterocycles. The number of carbonyl (C=O) groups is 1. The molecule has 1 amide bonds. The lowest BCUT2D eigenvalue weighted by atomic mass is 10.2. The molecule has 1 N–H and O–H groups in total. The van der Waals surface area contributed by atoms with Crippen molar-refractivity contribution < 1.29 is 13.7 Å². The lowest BCUT2D eigenvalue weighted by Gasteiger charge is -2.06. The molecule has 2 aromatic heterocycles. The van der Waals surface area contributed by atoms with Gasteiger partial charge in [-0.1, -0.05) is 29.3 Å². The maximum atomic E-state index is 12.3. The van der Waals surface area contributed by atoms with Gasteiger partial charge >= 0.3 is 6.01 Å². The van der Waals surface area contributed by atoms with Crippen LogP contribution in [-0.4, -0.2) is 27.0 Å². The Hall–Kier alpha value is -2.61. The van der Waals surface area contributed by atoms with Crippen molar-refractivity contribution in [3.8, 4) is 11.7 Å². The fourth-order valence-electron chi connectivity index (χ4n) is 1.80. The van der Waals surface area contributed by atoms with Crippen molar-refractivity contribution in [2.24, 2.45) is 0 Å². The lowest BCUT2D eigenvalue weighted by Crippen LogP contribution is -2.13. The third-order valence-electron chi connectivity index (χ3n) is 2.73. The first-order chi connectivity index (χ1) is 10.8. The number of nitrogens with zero attached hydrogens (tertiary/aromatic N) is 3. The van der Waals surface area contributed by atoms with Crippen molar-refractivity contribution in [3.05, 3.63) is 42.1 Å². The van der Waals surface area contributed by atoms with Gasteiger partial charge in [0.05, 0.1) is 11.8 Å². The van der Waals surface area contributed by atoms with E-state index in [0.29, 0.717) is 11.3 Å². The molecule has 0 atom stereocenters. The maximum absolute atomic E-state index is 12.3. The Morgan fingerprint density at radius 2 is 2.14 bits per heavy atom. The molecule has 22 heavy (non-hydrogen) atoms. The second kappa shape index (κ2) is 6.44. The average Bonchev–Trinajstić information content (AvgIpc) is 3.19. The summed E-state index contributed by atoms with van der Waals surface area (Å²) >= 11 is 1.59. The molecule has 0 aliphatic rings. The van der Waals surface area contributed by atoms with Crippen molar-refractivity contribution >= 4 is 23.7 Å². The molecule has 3 rings (SSSR count). The van der Waals surface area contributed by atoms with E-state index in [4.69, 9.17) is 8.94 Å². The summed E-state index contributed by atoms with van der Waals surface area (Å²) in [5, 5.41) is 13.7. The molecular weight excluding hydrogens is 304 g/mol. The fourth-order valence-corrected chi connectivity index (χ4v) is 2.60. The number of hydrogen-bond donors (Lipinski definition) is 1. The van der Waals surface area contributed by atoms with E-state index in [1.807, 2.05) is 25.1 Å². The summed E-state index contributed by atoms with van der Waals surface area (Å²) in [5.41, 5.74) is 0.564. The first kappa shape index (κ1) is 14.3. The van der Waals surface area contributed by atoms with Gasteiger partial charge in [0.2, 0.25) is 5.76 Å². The van der Waals surface area contributed by atoms with Gasteiger partial charge in [0, 0.05) is 11.0 Å². The summed E-state index contributed by atoms with van der Waals surface area (Å²) in [6, 6.07) is 8.95. The summed E-state index contributed by atoms with van der Waals surface area (Å²) in [4.78, 5) is 13.2. The molecule has 0 fully saturated rings. The number of nitrogens with one attached hydrogen (secondary N) is 1. The molecule has 112 valence electrons. The number of thioether (sulfide) groups is 1. The van der Waals surface area contributed by atoms with Crippen LogP contribution in [0.3, 0.4) is 0 Å². The zero-order valence-corrected chi connectivity index (χ0v) is 12.5. The average molecular weight is 316 g/mol. The Kier molecular flexibility index (Phi) is 4.19. The van der Waals surface area contributed by atoms with E-state index < -0.39 is 0 Å². The third kappa shape index (κ3) is 3.01. The number of amides is 1. The smallest absolute Gasteiger partial charge is 0.322 e. The van der Waals surface area contributed by atoms with Crippen molar-refractivity contribution in [3.63, 3.8) is 0 Å².